The van der Waals surface area contributed by atoms with Gasteiger partial charge in [-0.3, -0.25) is 9.59 Å². The molecule has 0 saturated carbocycles. The van der Waals surface area contributed by atoms with Gasteiger partial charge in [-0.2, -0.15) is 15.3 Å². The van der Waals surface area contributed by atoms with Gasteiger partial charge in [0, 0.05) is 25.3 Å². The van der Waals surface area contributed by atoms with Gasteiger partial charge in [-0.05, 0) is 43.7 Å². The molecular formula is C23H20Cl2N6O3. The Morgan fingerprint density at radius 1 is 0.971 bits per heavy atom. The second-order valence-electron chi connectivity index (χ2n) is 7.09. The largest absolute Gasteiger partial charge is 0.505 e. The summed E-state index contributed by atoms with van der Waals surface area (Å²) in [4.78, 5) is 23.5. The maximum atomic E-state index is 12.2. The molecule has 0 fully saturated rings. The van der Waals surface area contributed by atoms with E-state index in [4.69, 9.17) is 23.2 Å². The molecule has 3 aromatic heterocycles. The van der Waals surface area contributed by atoms with Crippen LogP contribution in [0, 0.1) is 18.8 Å². The molecule has 174 valence electrons. The second kappa shape index (κ2) is 10.4. The van der Waals surface area contributed by atoms with Gasteiger partial charge in [-0.25, -0.2) is 14.0 Å². The van der Waals surface area contributed by atoms with Crippen LogP contribution >= 0.6 is 23.2 Å². The lowest BCUT2D eigenvalue weighted by molar-refractivity contribution is 0.466. The molecular weight excluding hydrogens is 479 g/mol. The van der Waals surface area contributed by atoms with E-state index in [1.807, 2.05) is 19.1 Å². The van der Waals surface area contributed by atoms with Crippen molar-refractivity contribution in [2.24, 2.45) is 14.1 Å². The summed E-state index contributed by atoms with van der Waals surface area (Å²) in [6.45, 7) is 3.48. The number of hydrogen-bond acceptors (Lipinski definition) is 6. The maximum absolute atomic E-state index is 12.2. The number of aromatic hydroxyl groups is 1. The van der Waals surface area contributed by atoms with Crippen molar-refractivity contribution in [2.45, 2.75) is 13.8 Å². The van der Waals surface area contributed by atoms with Crippen LogP contribution in [0.4, 0.5) is 0 Å². The van der Waals surface area contributed by atoms with E-state index in [-0.39, 0.29) is 16.9 Å². The lowest BCUT2D eigenvalue weighted by atomic mass is 10.1. The summed E-state index contributed by atoms with van der Waals surface area (Å²) < 4.78 is 4.00. The molecule has 4 aromatic rings. The Labute approximate surface area is 204 Å². The van der Waals surface area contributed by atoms with Crippen molar-refractivity contribution in [1.82, 2.24) is 29.3 Å². The van der Waals surface area contributed by atoms with Crippen molar-refractivity contribution < 1.29 is 5.11 Å². The molecule has 0 atom stereocenters. The van der Waals surface area contributed by atoms with Gasteiger partial charge in [0.15, 0.2) is 5.75 Å². The van der Waals surface area contributed by atoms with Gasteiger partial charge in [0.1, 0.15) is 16.8 Å². The third-order valence-corrected chi connectivity index (χ3v) is 5.22. The van der Waals surface area contributed by atoms with E-state index >= 15 is 0 Å². The van der Waals surface area contributed by atoms with Crippen molar-refractivity contribution >= 4 is 23.2 Å². The SMILES string of the molecule is CC#Cc1c(Cl)cnn(C)c1=O.Cc1cn(-c2ccc(Cl)cc2)nc1-c1c(O)cnn(C)c1=O. The Kier molecular flexibility index (Phi) is 7.56. The topological polar surface area (TPSA) is 108 Å². The Morgan fingerprint density at radius 3 is 2.24 bits per heavy atom. The highest BCUT2D eigenvalue weighted by molar-refractivity contribution is 6.31. The normalized spacial score (nSPS) is 10.2. The van der Waals surface area contributed by atoms with E-state index in [1.54, 1.807) is 37.0 Å². The average molecular weight is 499 g/mol. The van der Waals surface area contributed by atoms with E-state index in [1.165, 1.54) is 24.1 Å². The van der Waals surface area contributed by atoms with Gasteiger partial charge in [0.25, 0.3) is 11.1 Å². The number of aromatic nitrogens is 6. The van der Waals surface area contributed by atoms with Gasteiger partial charge in [-0.1, -0.05) is 29.1 Å². The van der Waals surface area contributed by atoms with Crippen molar-refractivity contribution in [3.05, 3.63) is 84.7 Å². The highest BCUT2D eigenvalue weighted by Gasteiger charge is 2.18. The number of nitrogens with zero attached hydrogens (tertiary/aromatic N) is 6. The molecule has 0 aliphatic carbocycles. The van der Waals surface area contributed by atoms with Gasteiger partial charge in [0.2, 0.25) is 0 Å². The van der Waals surface area contributed by atoms with Crippen LogP contribution in [0.3, 0.4) is 0 Å². The lowest BCUT2D eigenvalue weighted by Gasteiger charge is -2.04. The maximum Gasteiger partial charge on any atom is 0.283 e. The van der Waals surface area contributed by atoms with Gasteiger partial charge >= 0.3 is 0 Å². The minimum absolute atomic E-state index is 0.141. The Balaban J connectivity index is 0.000000229. The number of hydrogen-bond donors (Lipinski definition) is 1. The Bertz CT molecular complexity index is 1530. The minimum atomic E-state index is -0.399. The molecule has 4 rings (SSSR count). The highest BCUT2D eigenvalue weighted by atomic mass is 35.5. The Hall–Kier alpha value is -3.87. The molecule has 0 aliphatic heterocycles. The fourth-order valence-electron chi connectivity index (χ4n) is 2.94. The first-order chi connectivity index (χ1) is 16.1. The molecule has 0 amide bonds. The molecule has 11 heteroatoms. The summed E-state index contributed by atoms with van der Waals surface area (Å²) in [6.07, 6.45) is 4.43. The van der Waals surface area contributed by atoms with Gasteiger partial charge < -0.3 is 5.11 Å². The standard InChI is InChI=1S/C15H13ClN4O2.C8H7ClN2O/c1-9-8-20(11-5-3-10(16)4-6-11)18-14(9)13-12(21)7-17-19(2)15(13)22;1-3-4-6-7(9)5-10-11(2)8(6)12/h3-8,21H,1-2H3;5H,1-2H3. The fourth-order valence-corrected chi connectivity index (χ4v) is 3.24. The third kappa shape index (κ3) is 5.20. The first-order valence-electron chi connectivity index (χ1n) is 9.86. The first-order valence-corrected chi connectivity index (χ1v) is 10.6. The molecule has 0 saturated heterocycles. The van der Waals surface area contributed by atoms with Crippen LogP contribution in [0.15, 0.2) is 52.4 Å². The van der Waals surface area contributed by atoms with E-state index < -0.39 is 5.56 Å². The third-order valence-electron chi connectivity index (χ3n) is 4.68. The van der Waals surface area contributed by atoms with Crippen molar-refractivity contribution in [2.75, 3.05) is 0 Å². The molecule has 0 bridgehead atoms. The smallest absolute Gasteiger partial charge is 0.283 e. The summed E-state index contributed by atoms with van der Waals surface area (Å²) in [7, 11) is 3.08. The Morgan fingerprint density at radius 2 is 1.59 bits per heavy atom. The van der Waals surface area contributed by atoms with Crippen molar-refractivity contribution in [3.63, 3.8) is 0 Å². The highest BCUT2D eigenvalue weighted by Crippen LogP contribution is 2.27. The van der Waals surface area contributed by atoms with Gasteiger partial charge in [0.05, 0.1) is 23.1 Å². The van der Waals surface area contributed by atoms with Gasteiger partial charge in [-0.15, -0.1) is 5.92 Å². The first kappa shape index (κ1) is 24.8. The number of benzene rings is 1. The van der Waals surface area contributed by atoms with E-state index in [0.717, 1.165) is 15.9 Å². The molecule has 0 aliphatic rings. The zero-order valence-corrected chi connectivity index (χ0v) is 20.3. The number of aryl methyl sites for hydroxylation is 3. The molecule has 3 heterocycles. The molecule has 34 heavy (non-hydrogen) atoms. The second-order valence-corrected chi connectivity index (χ2v) is 7.93. The number of halogens is 2. The van der Waals surface area contributed by atoms with E-state index in [9.17, 15) is 14.7 Å². The zero-order valence-electron chi connectivity index (χ0n) is 18.7. The minimum Gasteiger partial charge on any atom is -0.505 e. The summed E-state index contributed by atoms with van der Waals surface area (Å²) in [6, 6.07) is 7.17. The average Bonchev–Trinajstić information content (AvgIpc) is 3.19. The van der Waals surface area contributed by atoms with Crippen LogP contribution < -0.4 is 11.1 Å². The molecule has 1 aromatic carbocycles. The predicted octanol–water partition coefficient (Wildman–Crippen LogP) is 3.11. The van der Waals surface area contributed by atoms with Crippen LogP contribution in [-0.4, -0.2) is 34.4 Å². The molecule has 0 unspecified atom stereocenters. The monoisotopic (exact) mass is 498 g/mol. The number of rotatable bonds is 2. The predicted molar refractivity (Wildman–Crippen MR) is 130 cm³/mol. The zero-order chi connectivity index (χ0) is 25.0. The molecule has 0 spiro atoms. The molecule has 1 N–H and O–H groups in total. The summed E-state index contributed by atoms with van der Waals surface area (Å²) >= 11 is 11.6. The summed E-state index contributed by atoms with van der Waals surface area (Å²) in [5.74, 6) is 5.06. The molecule has 0 radical (unpaired) electrons. The summed E-state index contributed by atoms with van der Waals surface area (Å²) in [5.41, 5.74) is 1.79. The van der Waals surface area contributed by atoms with Crippen LogP contribution in [0.25, 0.3) is 16.9 Å². The fraction of sp³-hybridized carbons (Fsp3) is 0.174. The van der Waals surface area contributed by atoms with Crippen molar-refractivity contribution in [3.8, 4) is 34.5 Å². The quantitative estimate of drug-likeness (QED) is 0.425. The van der Waals surface area contributed by atoms with E-state index in [2.05, 4.69) is 27.1 Å². The van der Waals surface area contributed by atoms with Crippen LogP contribution in [0.2, 0.25) is 10.0 Å². The lowest BCUT2D eigenvalue weighted by Crippen LogP contribution is -2.21. The summed E-state index contributed by atoms with van der Waals surface area (Å²) in [5, 5.41) is 22.8. The van der Waals surface area contributed by atoms with Crippen molar-refractivity contribution in [1.29, 1.82) is 0 Å². The van der Waals surface area contributed by atoms with Crippen LogP contribution in [0.1, 0.15) is 18.1 Å². The molecule has 9 nitrogen and oxygen atoms in total. The van der Waals surface area contributed by atoms with E-state index in [0.29, 0.717) is 21.3 Å². The van der Waals surface area contributed by atoms with Crippen LogP contribution in [-0.2, 0) is 14.1 Å². The van der Waals surface area contributed by atoms with Crippen LogP contribution in [0.5, 0.6) is 5.75 Å².